The molecule has 0 aromatic heterocycles. The smallest absolute Gasteiger partial charge is 0.243 e. The number of rotatable bonds is 7. The Morgan fingerprint density at radius 3 is 2.86 bits per heavy atom. The largest absolute Gasteiger partial charge is 0.385 e. The van der Waals surface area contributed by atoms with E-state index in [1.165, 1.54) is 18.2 Å². The lowest BCUT2D eigenvalue weighted by Crippen LogP contribution is -2.41. The maximum atomic E-state index is 13.0. The van der Waals surface area contributed by atoms with E-state index in [0.29, 0.717) is 24.8 Å². The molecule has 0 radical (unpaired) electrons. The average molecular weight is 296 g/mol. The van der Waals surface area contributed by atoms with Gasteiger partial charge in [0, 0.05) is 33.0 Å². The van der Waals surface area contributed by atoms with Gasteiger partial charge in [0.05, 0.1) is 6.54 Å². The van der Waals surface area contributed by atoms with Gasteiger partial charge in [0.25, 0.3) is 0 Å². The molecule has 0 spiro atoms. The number of hydrogen-bond donors (Lipinski definition) is 3. The van der Waals surface area contributed by atoms with Crippen molar-refractivity contribution >= 4 is 17.6 Å². The lowest BCUT2D eigenvalue weighted by Gasteiger charge is -2.11. The third-order valence-corrected chi connectivity index (χ3v) is 2.57. The first kappa shape index (κ1) is 16.9. The SMILES string of the molecule is CN=C(NCCCOC)NCC(=O)Nc1cccc(F)c1. The highest BCUT2D eigenvalue weighted by Crippen LogP contribution is 2.08. The molecule has 0 bridgehead atoms. The van der Waals surface area contributed by atoms with Crippen LogP contribution in [0.25, 0.3) is 0 Å². The molecule has 0 fully saturated rings. The molecule has 1 aromatic carbocycles. The Balaban J connectivity index is 2.30. The Bertz CT molecular complexity index is 480. The third kappa shape index (κ3) is 7.26. The number of anilines is 1. The zero-order valence-electron chi connectivity index (χ0n) is 12.3. The topological polar surface area (TPSA) is 74.8 Å². The second-order valence-corrected chi connectivity index (χ2v) is 4.26. The molecule has 0 saturated carbocycles. The van der Waals surface area contributed by atoms with E-state index in [2.05, 4.69) is 20.9 Å². The number of hydrogen-bond acceptors (Lipinski definition) is 3. The Kier molecular flexibility index (Phi) is 7.81. The highest BCUT2D eigenvalue weighted by Gasteiger charge is 2.04. The maximum absolute atomic E-state index is 13.0. The van der Waals surface area contributed by atoms with Crippen molar-refractivity contribution in [3.63, 3.8) is 0 Å². The van der Waals surface area contributed by atoms with Crippen LogP contribution >= 0.6 is 0 Å². The fraction of sp³-hybridized carbons (Fsp3) is 0.429. The van der Waals surface area contributed by atoms with Gasteiger partial charge >= 0.3 is 0 Å². The number of aliphatic imine (C=N–C) groups is 1. The van der Waals surface area contributed by atoms with E-state index in [0.717, 1.165) is 6.42 Å². The lowest BCUT2D eigenvalue weighted by molar-refractivity contribution is -0.115. The molecule has 7 heteroatoms. The first-order valence-corrected chi connectivity index (χ1v) is 6.64. The van der Waals surface area contributed by atoms with E-state index in [-0.39, 0.29) is 12.5 Å². The molecule has 0 aliphatic rings. The van der Waals surface area contributed by atoms with Crippen molar-refractivity contribution in [2.24, 2.45) is 4.99 Å². The van der Waals surface area contributed by atoms with Gasteiger partial charge in [0.1, 0.15) is 5.82 Å². The second kappa shape index (κ2) is 9.71. The van der Waals surface area contributed by atoms with Gasteiger partial charge in [-0.05, 0) is 24.6 Å². The summed E-state index contributed by atoms with van der Waals surface area (Å²) in [5.74, 6) is -0.141. The molecule has 21 heavy (non-hydrogen) atoms. The number of carbonyl (C=O) groups is 1. The number of nitrogens with one attached hydrogen (secondary N) is 3. The Morgan fingerprint density at radius 1 is 1.38 bits per heavy atom. The summed E-state index contributed by atoms with van der Waals surface area (Å²) in [6, 6.07) is 5.74. The van der Waals surface area contributed by atoms with Crippen LogP contribution in [-0.2, 0) is 9.53 Å². The molecule has 1 amide bonds. The number of halogens is 1. The van der Waals surface area contributed by atoms with Crippen molar-refractivity contribution in [2.75, 3.05) is 39.2 Å². The lowest BCUT2D eigenvalue weighted by atomic mass is 10.3. The van der Waals surface area contributed by atoms with Gasteiger partial charge in [-0.3, -0.25) is 9.79 Å². The van der Waals surface area contributed by atoms with Crippen LogP contribution in [0.2, 0.25) is 0 Å². The molecule has 0 saturated heterocycles. The maximum Gasteiger partial charge on any atom is 0.243 e. The number of ether oxygens (including phenoxy) is 1. The van der Waals surface area contributed by atoms with Crippen molar-refractivity contribution in [2.45, 2.75) is 6.42 Å². The van der Waals surface area contributed by atoms with Crippen LogP contribution in [0.4, 0.5) is 10.1 Å². The molecule has 0 heterocycles. The summed E-state index contributed by atoms with van der Waals surface area (Å²) in [7, 11) is 3.26. The average Bonchev–Trinajstić information content (AvgIpc) is 2.46. The summed E-state index contributed by atoms with van der Waals surface area (Å²) in [6.07, 6.45) is 0.840. The fourth-order valence-electron chi connectivity index (χ4n) is 1.58. The Morgan fingerprint density at radius 2 is 2.19 bits per heavy atom. The molecular weight excluding hydrogens is 275 g/mol. The number of guanidine groups is 1. The van der Waals surface area contributed by atoms with E-state index >= 15 is 0 Å². The monoisotopic (exact) mass is 296 g/mol. The van der Waals surface area contributed by atoms with E-state index < -0.39 is 5.82 Å². The van der Waals surface area contributed by atoms with Crippen LogP contribution in [0.5, 0.6) is 0 Å². The highest BCUT2D eigenvalue weighted by atomic mass is 19.1. The van der Waals surface area contributed by atoms with Crippen LogP contribution in [0.15, 0.2) is 29.3 Å². The number of methoxy groups -OCH3 is 1. The van der Waals surface area contributed by atoms with Crippen molar-refractivity contribution in [1.29, 1.82) is 0 Å². The van der Waals surface area contributed by atoms with Crippen LogP contribution in [-0.4, -0.2) is 45.7 Å². The normalized spacial score (nSPS) is 11.1. The molecule has 0 aliphatic carbocycles. The van der Waals surface area contributed by atoms with Crippen molar-refractivity contribution in [3.05, 3.63) is 30.1 Å². The minimum absolute atomic E-state index is 0.0421. The first-order chi connectivity index (χ1) is 10.2. The number of nitrogens with zero attached hydrogens (tertiary/aromatic N) is 1. The molecule has 1 aromatic rings. The van der Waals surface area contributed by atoms with E-state index in [1.54, 1.807) is 20.2 Å². The van der Waals surface area contributed by atoms with Gasteiger partial charge in [-0.2, -0.15) is 0 Å². The number of carbonyl (C=O) groups excluding carboxylic acids is 1. The zero-order chi connectivity index (χ0) is 15.5. The highest BCUT2D eigenvalue weighted by molar-refractivity contribution is 5.94. The minimum atomic E-state index is -0.392. The van der Waals surface area contributed by atoms with E-state index in [9.17, 15) is 9.18 Å². The van der Waals surface area contributed by atoms with Gasteiger partial charge in [-0.25, -0.2) is 4.39 Å². The molecule has 0 atom stereocenters. The van der Waals surface area contributed by atoms with Crippen LogP contribution in [0.3, 0.4) is 0 Å². The Hall–Kier alpha value is -2.15. The number of benzene rings is 1. The van der Waals surface area contributed by atoms with Gasteiger partial charge in [-0.1, -0.05) is 6.07 Å². The Labute approximate surface area is 123 Å². The predicted molar refractivity (Wildman–Crippen MR) is 80.9 cm³/mol. The quantitative estimate of drug-likeness (QED) is 0.398. The molecule has 116 valence electrons. The second-order valence-electron chi connectivity index (χ2n) is 4.26. The summed E-state index contributed by atoms with van der Waals surface area (Å²) in [5, 5.41) is 8.52. The molecule has 0 unspecified atom stereocenters. The van der Waals surface area contributed by atoms with Gasteiger partial charge in [0.2, 0.25) is 5.91 Å². The number of amides is 1. The summed E-state index contributed by atoms with van der Waals surface area (Å²) in [4.78, 5) is 15.7. The summed E-state index contributed by atoms with van der Waals surface area (Å²) in [6.45, 7) is 1.39. The summed E-state index contributed by atoms with van der Waals surface area (Å²) in [5.41, 5.74) is 0.421. The third-order valence-electron chi connectivity index (χ3n) is 2.57. The van der Waals surface area contributed by atoms with Crippen molar-refractivity contribution in [1.82, 2.24) is 10.6 Å². The molecular formula is C14H21FN4O2. The van der Waals surface area contributed by atoms with Crippen molar-refractivity contribution < 1.29 is 13.9 Å². The fourth-order valence-corrected chi connectivity index (χ4v) is 1.58. The molecule has 6 nitrogen and oxygen atoms in total. The molecule has 1 rings (SSSR count). The standard InChI is InChI=1S/C14H21FN4O2/c1-16-14(17-7-4-8-21-2)18-10-13(20)19-12-6-3-5-11(15)9-12/h3,5-6,9H,4,7-8,10H2,1-2H3,(H,19,20)(H2,16,17,18). The van der Waals surface area contributed by atoms with Gasteiger partial charge < -0.3 is 20.7 Å². The zero-order valence-corrected chi connectivity index (χ0v) is 12.3. The van der Waals surface area contributed by atoms with Crippen LogP contribution in [0, 0.1) is 5.82 Å². The molecule has 0 aliphatic heterocycles. The minimum Gasteiger partial charge on any atom is -0.385 e. The van der Waals surface area contributed by atoms with E-state index in [4.69, 9.17) is 4.74 Å². The predicted octanol–water partition coefficient (Wildman–Crippen LogP) is 0.966. The van der Waals surface area contributed by atoms with Crippen molar-refractivity contribution in [3.8, 4) is 0 Å². The first-order valence-electron chi connectivity index (χ1n) is 6.64. The molecule has 3 N–H and O–H groups in total. The summed E-state index contributed by atoms with van der Waals surface area (Å²) < 4.78 is 17.9. The van der Waals surface area contributed by atoms with E-state index in [1.807, 2.05) is 0 Å². The summed E-state index contributed by atoms with van der Waals surface area (Å²) >= 11 is 0. The van der Waals surface area contributed by atoms with Crippen LogP contribution < -0.4 is 16.0 Å². The van der Waals surface area contributed by atoms with Gasteiger partial charge in [-0.15, -0.1) is 0 Å². The van der Waals surface area contributed by atoms with Gasteiger partial charge in [0.15, 0.2) is 5.96 Å². The van der Waals surface area contributed by atoms with Crippen LogP contribution in [0.1, 0.15) is 6.42 Å².